The second-order valence-electron chi connectivity index (χ2n) is 3.78. The molecule has 0 saturated heterocycles. The van der Waals surface area contributed by atoms with E-state index >= 15 is 0 Å². The Morgan fingerprint density at radius 3 is 2.37 bits per heavy atom. The van der Waals surface area contributed by atoms with Gasteiger partial charge in [-0.2, -0.15) is 0 Å². The number of amides is 1. The molecule has 3 N–H and O–H groups in total. The van der Waals surface area contributed by atoms with Crippen LogP contribution in [-0.2, 0) is 0 Å². The molecule has 0 aliphatic carbocycles. The SMILES string of the molecule is Nc1cc(Br)ccc1NC(=O)c1c(F)cccc1F. The highest BCUT2D eigenvalue weighted by Gasteiger charge is 2.17. The van der Waals surface area contributed by atoms with E-state index in [1.54, 1.807) is 12.1 Å². The maximum atomic E-state index is 13.4. The van der Waals surface area contributed by atoms with Crippen LogP contribution in [0.1, 0.15) is 10.4 Å². The average Bonchev–Trinajstić information content (AvgIpc) is 2.32. The molecule has 0 fully saturated rings. The van der Waals surface area contributed by atoms with Crippen molar-refractivity contribution in [3.8, 4) is 0 Å². The average molecular weight is 327 g/mol. The Labute approximate surface area is 116 Å². The number of hydrogen-bond donors (Lipinski definition) is 2. The summed E-state index contributed by atoms with van der Waals surface area (Å²) in [7, 11) is 0. The molecule has 1 amide bonds. The van der Waals surface area contributed by atoms with E-state index in [4.69, 9.17) is 5.73 Å². The molecule has 0 saturated carbocycles. The van der Waals surface area contributed by atoms with Crippen LogP contribution in [0.15, 0.2) is 40.9 Å². The van der Waals surface area contributed by atoms with Gasteiger partial charge in [0, 0.05) is 4.47 Å². The van der Waals surface area contributed by atoms with Crippen LogP contribution in [0.2, 0.25) is 0 Å². The summed E-state index contributed by atoms with van der Waals surface area (Å²) in [5.74, 6) is -2.73. The summed E-state index contributed by atoms with van der Waals surface area (Å²) < 4.78 is 27.6. The molecule has 0 spiro atoms. The summed E-state index contributed by atoms with van der Waals surface area (Å²) in [6.45, 7) is 0. The van der Waals surface area contributed by atoms with Crippen LogP contribution >= 0.6 is 15.9 Å². The number of nitrogen functional groups attached to an aromatic ring is 1. The fourth-order valence-corrected chi connectivity index (χ4v) is 1.93. The fraction of sp³-hybridized carbons (Fsp3) is 0. The Bertz CT molecular complexity index is 626. The van der Waals surface area contributed by atoms with Gasteiger partial charge in [0.25, 0.3) is 5.91 Å². The predicted molar refractivity (Wildman–Crippen MR) is 72.9 cm³/mol. The van der Waals surface area contributed by atoms with Gasteiger partial charge in [0.2, 0.25) is 0 Å². The minimum absolute atomic E-state index is 0.288. The number of rotatable bonds is 2. The second kappa shape index (κ2) is 5.36. The van der Waals surface area contributed by atoms with Gasteiger partial charge in [-0.3, -0.25) is 4.79 Å². The molecule has 2 aromatic rings. The summed E-state index contributed by atoms with van der Waals surface area (Å²) in [5.41, 5.74) is 5.64. The molecule has 0 aromatic heterocycles. The highest BCUT2D eigenvalue weighted by molar-refractivity contribution is 9.10. The molecule has 0 aliphatic rings. The van der Waals surface area contributed by atoms with E-state index in [0.717, 1.165) is 16.6 Å². The number of halogens is 3. The zero-order valence-electron chi connectivity index (χ0n) is 9.58. The molecule has 0 unspecified atom stereocenters. The number of carbonyl (C=O) groups excluding carboxylic acids is 1. The lowest BCUT2D eigenvalue weighted by Gasteiger charge is -2.09. The highest BCUT2D eigenvalue weighted by Crippen LogP contribution is 2.24. The molecule has 19 heavy (non-hydrogen) atoms. The lowest BCUT2D eigenvalue weighted by atomic mass is 10.1. The minimum atomic E-state index is -0.923. The number of nitrogens with one attached hydrogen (secondary N) is 1. The Morgan fingerprint density at radius 2 is 1.79 bits per heavy atom. The van der Waals surface area contributed by atoms with E-state index in [1.807, 2.05) is 0 Å². The maximum Gasteiger partial charge on any atom is 0.261 e. The van der Waals surface area contributed by atoms with Crippen molar-refractivity contribution in [2.75, 3.05) is 11.1 Å². The molecule has 6 heteroatoms. The van der Waals surface area contributed by atoms with E-state index in [9.17, 15) is 13.6 Å². The molecular formula is C13H9BrF2N2O. The first-order valence-electron chi connectivity index (χ1n) is 5.29. The zero-order valence-corrected chi connectivity index (χ0v) is 11.2. The van der Waals surface area contributed by atoms with Crippen molar-refractivity contribution in [3.05, 3.63) is 58.1 Å². The number of benzene rings is 2. The van der Waals surface area contributed by atoms with Crippen molar-refractivity contribution in [2.24, 2.45) is 0 Å². The van der Waals surface area contributed by atoms with Crippen molar-refractivity contribution in [3.63, 3.8) is 0 Å². The monoisotopic (exact) mass is 326 g/mol. The van der Waals surface area contributed by atoms with Crippen LogP contribution in [0.3, 0.4) is 0 Å². The molecule has 2 rings (SSSR count). The number of nitrogens with two attached hydrogens (primary N) is 1. The van der Waals surface area contributed by atoms with Crippen LogP contribution < -0.4 is 11.1 Å². The van der Waals surface area contributed by atoms with Crippen molar-refractivity contribution in [1.82, 2.24) is 0 Å². The van der Waals surface area contributed by atoms with Crippen molar-refractivity contribution in [2.45, 2.75) is 0 Å². The second-order valence-corrected chi connectivity index (χ2v) is 4.70. The smallest absolute Gasteiger partial charge is 0.261 e. The number of hydrogen-bond acceptors (Lipinski definition) is 2. The van der Waals surface area contributed by atoms with Gasteiger partial charge < -0.3 is 11.1 Å². The Balaban J connectivity index is 2.31. The summed E-state index contributed by atoms with van der Waals surface area (Å²) >= 11 is 3.22. The summed E-state index contributed by atoms with van der Waals surface area (Å²) in [4.78, 5) is 11.8. The molecule has 0 aliphatic heterocycles. The summed E-state index contributed by atoms with van der Waals surface area (Å²) in [5, 5.41) is 2.37. The van der Waals surface area contributed by atoms with Crippen molar-refractivity contribution in [1.29, 1.82) is 0 Å². The summed E-state index contributed by atoms with van der Waals surface area (Å²) in [6.07, 6.45) is 0. The maximum absolute atomic E-state index is 13.4. The number of anilines is 2. The van der Waals surface area contributed by atoms with Crippen LogP contribution in [0.4, 0.5) is 20.2 Å². The third kappa shape index (κ3) is 2.90. The minimum Gasteiger partial charge on any atom is -0.397 e. The lowest BCUT2D eigenvalue weighted by Crippen LogP contribution is -2.16. The van der Waals surface area contributed by atoms with Gasteiger partial charge in [-0.25, -0.2) is 8.78 Å². The Hall–Kier alpha value is -1.95. The van der Waals surface area contributed by atoms with E-state index < -0.39 is 23.1 Å². The van der Waals surface area contributed by atoms with Gasteiger partial charge in [-0.1, -0.05) is 22.0 Å². The van der Waals surface area contributed by atoms with E-state index in [1.165, 1.54) is 12.1 Å². The van der Waals surface area contributed by atoms with Gasteiger partial charge >= 0.3 is 0 Å². The van der Waals surface area contributed by atoms with Gasteiger partial charge in [-0.15, -0.1) is 0 Å². The highest BCUT2D eigenvalue weighted by atomic mass is 79.9. The first kappa shape index (κ1) is 13.5. The normalized spacial score (nSPS) is 10.3. The van der Waals surface area contributed by atoms with E-state index in [2.05, 4.69) is 21.2 Å². The molecule has 3 nitrogen and oxygen atoms in total. The third-order valence-corrected chi connectivity index (χ3v) is 2.94. The molecule has 2 aromatic carbocycles. The summed E-state index contributed by atoms with van der Waals surface area (Å²) in [6, 6.07) is 7.99. The van der Waals surface area contributed by atoms with Crippen LogP contribution in [-0.4, -0.2) is 5.91 Å². The molecule has 0 bridgehead atoms. The van der Waals surface area contributed by atoms with Gasteiger partial charge in [0.15, 0.2) is 0 Å². The molecule has 0 radical (unpaired) electrons. The van der Waals surface area contributed by atoms with E-state index in [0.29, 0.717) is 5.69 Å². The molecule has 98 valence electrons. The zero-order chi connectivity index (χ0) is 14.0. The lowest BCUT2D eigenvalue weighted by molar-refractivity contribution is 0.101. The largest absolute Gasteiger partial charge is 0.397 e. The fourth-order valence-electron chi connectivity index (χ4n) is 1.55. The van der Waals surface area contributed by atoms with Gasteiger partial charge in [-0.05, 0) is 30.3 Å². The molecule has 0 heterocycles. The standard InChI is InChI=1S/C13H9BrF2N2O/c14-7-4-5-11(10(17)6-7)18-13(19)12-8(15)2-1-3-9(12)16/h1-6H,17H2,(H,18,19). The van der Waals surface area contributed by atoms with Crippen molar-refractivity contribution >= 4 is 33.2 Å². The van der Waals surface area contributed by atoms with Crippen molar-refractivity contribution < 1.29 is 13.6 Å². The molecule has 0 atom stereocenters. The quantitative estimate of drug-likeness (QED) is 0.829. The van der Waals surface area contributed by atoms with E-state index in [-0.39, 0.29) is 5.69 Å². The van der Waals surface area contributed by atoms with Crippen LogP contribution in [0.25, 0.3) is 0 Å². The molecular weight excluding hydrogens is 318 g/mol. The van der Waals surface area contributed by atoms with Gasteiger partial charge in [0.1, 0.15) is 17.2 Å². The Kier molecular flexibility index (Phi) is 3.80. The topological polar surface area (TPSA) is 55.1 Å². The van der Waals surface area contributed by atoms with Crippen LogP contribution in [0, 0.1) is 11.6 Å². The van der Waals surface area contributed by atoms with Crippen LogP contribution in [0.5, 0.6) is 0 Å². The Morgan fingerprint density at radius 1 is 1.16 bits per heavy atom. The predicted octanol–water partition coefficient (Wildman–Crippen LogP) is 3.56. The number of carbonyl (C=O) groups is 1. The first-order chi connectivity index (χ1) is 8.99. The first-order valence-corrected chi connectivity index (χ1v) is 6.08. The van der Waals surface area contributed by atoms with Gasteiger partial charge in [0.05, 0.1) is 11.4 Å². The third-order valence-electron chi connectivity index (χ3n) is 2.45.